The van der Waals surface area contributed by atoms with E-state index >= 15 is 0 Å². The van der Waals surface area contributed by atoms with E-state index in [2.05, 4.69) is 24.5 Å². The van der Waals surface area contributed by atoms with Crippen LogP contribution < -0.4 is 20.7 Å². The molecule has 0 saturated carbocycles. The lowest BCUT2D eigenvalue weighted by Gasteiger charge is -2.38. The molecule has 0 fully saturated rings. The third-order valence-electron chi connectivity index (χ3n) is 7.57. The van der Waals surface area contributed by atoms with Gasteiger partial charge in [-0.15, -0.1) is 0 Å². The first kappa shape index (κ1) is 30.1. The molecule has 0 saturated heterocycles. The van der Waals surface area contributed by atoms with Crippen LogP contribution >= 0.6 is 23.2 Å². The van der Waals surface area contributed by atoms with E-state index in [0.29, 0.717) is 41.4 Å². The minimum atomic E-state index is -3.77. The second-order valence-electron chi connectivity index (χ2n) is 11.5. The molecule has 1 amide bonds. The summed E-state index contributed by atoms with van der Waals surface area (Å²) in [6, 6.07) is 18.7. The van der Waals surface area contributed by atoms with Crippen LogP contribution in [0.1, 0.15) is 43.9 Å². The molecule has 1 aliphatic heterocycles. The van der Waals surface area contributed by atoms with Crippen molar-refractivity contribution in [3.63, 3.8) is 0 Å². The third-order valence-corrected chi connectivity index (χ3v) is 9.23. The molecule has 1 unspecified atom stereocenters. The number of nitrogens with two attached hydrogens (primary N) is 1. The summed E-state index contributed by atoms with van der Waals surface area (Å²) < 4.78 is 23.1. The first-order valence-corrected chi connectivity index (χ1v) is 15.8. The van der Waals surface area contributed by atoms with Gasteiger partial charge in [0, 0.05) is 24.2 Å². The van der Waals surface area contributed by atoms with E-state index < -0.39 is 16.1 Å². The molecule has 1 atom stereocenters. The third kappa shape index (κ3) is 6.49. The van der Waals surface area contributed by atoms with Crippen molar-refractivity contribution in [1.82, 2.24) is 5.32 Å². The lowest BCUT2D eigenvalue weighted by molar-refractivity contribution is -0.120. The van der Waals surface area contributed by atoms with Crippen molar-refractivity contribution >= 4 is 56.3 Å². The fourth-order valence-electron chi connectivity index (χ4n) is 5.66. The quantitative estimate of drug-likeness (QED) is 0.313. The maximum Gasteiger partial charge on any atom is 0.239 e. The van der Waals surface area contributed by atoms with Crippen LogP contribution in [0.2, 0.25) is 10.0 Å². The summed E-state index contributed by atoms with van der Waals surface area (Å²) in [6.07, 6.45) is 1.55. The van der Waals surface area contributed by atoms with Gasteiger partial charge < -0.3 is 15.5 Å². The lowest BCUT2D eigenvalue weighted by Crippen LogP contribution is -2.42. The Morgan fingerprint density at radius 1 is 1.05 bits per heavy atom. The van der Waals surface area contributed by atoms with E-state index in [4.69, 9.17) is 28.3 Å². The summed E-state index contributed by atoms with van der Waals surface area (Å²) in [7, 11) is -3.77. The molecule has 3 aromatic carbocycles. The monoisotopic (exact) mass is 626 g/mol. The number of allylic oxidation sites excluding steroid dienone is 1. The summed E-state index contributed by atoms with van der Waals surface area (Å²) in [5.74, 6) is -0.213. The molecule has 0 aromatic heterocycles. The standard InChI is InChI=1S/C31H32Cl2N4O4S/c1-31(2)16-25-29(27(38)17-31)30(20-9-12-22(32)23(33)15-20)37(26-6-4-3-5-24(26)36-25)18-28(39)35-14-13-19-7-10-21(11-8-19)42(34,40)41/h3-12,15,30,36H,13-14,16-18H2,1-2H3,(H,35,39)(H2,34,40,41). The van der Waals surface area contributed by atoms with Crippen LogP contribution in [-0.2, 0) is 26.0 Å². The number of fused-ring (bicyclic) bond motifs is 1. The first-order valence-electron chi connectivity index (χ1n) is 13.5. The number of Topliss-reactive ketones (excluding diaryl/α,β-unsaturated/α-hetero) is 1. The van der Waals surface area contributed by atoms with E-state index in [-0.39, 0.29) is 28.5 Å². The van der Waals surface area contributed by atoms with Crippen LogP contribution in [0.25, 0.3) is 0 Å². The molecule has 2 aliphatic rings. The number of nitrogens with one attached hydrogen (secondary N) is 2. The smallest absolute Gasteiger partial charge is 0.239 e. The van der Waals surface area contributed by atoms with Crippen LogP contribution in [0.4, 0.5) is 11.4 Å². The average molecular weight is 628 g/mol. The van der Waals surface area contributed by atoms with Gasteiger partial charge in [0.2, 0.25) is 15.9 Å². The van der Waals surface area contributed by atoms with E-state index in [1.807, 2.05) is 35.2 Å². The van der Waals surface area contributed by atoms with Crippen LogP contribution in [0.15, 0.2) is 82.9 Å². The van der Waals surface area contributed by atoms with Gasteiger partial charge in [-0.3, -0.25) is 9.59 Å². The minimum Gasteiger partial charge on any atom is -0.357 e. The van der Waals surface area contributed by atoms with E-state index in [1.165, 1.54) is 12.1 Å². The Morgan fingerprint density at radius 3 is 2.45 bits per heavy atom. The number of amides is 1. The zero-order chi connectivity index (χ0) is 30.2. The molecule has 42 heavy (non-hydrogen) atoms. The van der Waals surface area contributed by atoms with Crippen LogP contribution in [0.3, 0.4) is 0 Å². The zero-order valence-electron chi connectivity index (χ0n) is 23.3. The number of anilines is 2. The van der Waals surface area contributed by atoms with Crippen molar-refractivity contribution in [2.75, 3.05) is 23.3 Å². The molecule has 11 heteroatoms. The van der Waals surface area contributed by atoms with Gasteiger partial charge >= 0.3 is 0 Å². The second kappa shape index (κ2) is 11.7. The molecule has 0 spiro atoms. The normalized spacial score (nSPS) is 18.1. The number of rotatable bonds is 7. The van der Waals surface area contributed by atoms with Crippen LogP contribution in [0, 0.1) is 5.41 Å². The number of hydrogen-bond acceptors (Lipinski definition) is 6. The number of carbonyl (C=O) groups excluding carboxylic acids is 2. The number of carbonyl (C=O) groups is 2. The van der Waals surface area contributed by atoms with Crippen LogP contribution in [-0.4, -0.2) is 33.2 Å². The van der Waals surface area contributed by atoms with Crippen molar-refractivity contribution in [3.05, 3.63) is 99.2 Å². The molecule has 3 aromatic rings. The molecular formula is C31H32Cl2N4O4S. The summed E-state index contributed by atoms with van der Waals surface area (Å²) in [5.41, 5.74) is 4.43. The van der Waals surface area contributed by atoms with E-state index in [9.17, 15) is 18.0 Å². The van der Waals surface area contributed by atoms with Gasteiger partial charge in [-0.2, -0.15) is 0 Å². The summed E-state index contributed by atoms with van der Waals surface area (Å²) in [6.45, 7) is 4.46. The fraction of sp³-hybridized carbons (Fsp3) is 0.290. The Morgan fingerprint density at radius 2 is 1.76 bits per heavy atom. The van der Waals surface area contributed by atoms with Crippen molar-refractivity contribution in [3.8, 4) is 0 Å². The Labute approximate surface area is 255 Å². The molecule has 220 valence electrons. The van der Waals surface area contributed by atoms with Gasteiger partial charge in [0.15, 0.2) is 5.78 Å². The number of halogens is 2. The van der Waals surface area contributed by atoms with Gasteiger partial charge in [0.05, 0.1) is 38.9 Å². The number of hydrogen-bond donors (Lipinski definition) is 3. The van der Waals surface area contributed by atoms with Gasteiger partial charge in [-0.25, -0.2) is 13.6 Å². The molecule has 8 nitrogen and oxygen atoms in total. The highest BCUT2D eigenvalue weighted by Gasteiger charge is 2.42. The molecule has 1 aliphatic carbocycles. The zero-order valence-corrected chi connectivity index (χ0v) is 25.6. The lowest BCUT2D eigenvalue weighted by atomic mass is 9.73. The maximum absolute atomic E-state index is 13.8. The SMILES string of the molecule is CC1(C)CC(=O)C2=C(C1)Nc1ccccc1N(CC(=O)NCCc1ccc(S(N)(=O)=O)cc1)C2c1ccc(Cl)c(Cl)c1. The van der Waals surface area contributed by atoms with Gasteiger partial charge in [-0.05, 0) is 65.8 Å². The summed E-state index contributed by atoms with van der Waals surface area (Å²) in [5, 5.41) is 12.4. The predicted molar refractivity (Wildman–Crippen MR) is 166 cm³/mol. The van der Waals surface area contributed by atoms with E-state index in [1.54, 1.807) is 24.3 Å². The Hall–Kier alpha value is -3.37. The van der Waals surface area contributed by atoms with Crippen molar-refractivity contribution in [2.45, 2.75) is 44.0 Å². The summed E-state index contributed by atoms with van der Waals surface area (Å²) >= 11 is 12.7. The summed E-state index contributed by atoms with van der Waals surface area (Å²) in [4.78, 5) is 29.2. The van der Waals surface area contributed by atoms with Gasteiger partial charge in [-0.1, -0.05) is 67.4 Å². The predicted octanol–water partition coefficient (Wildman–Crippen LogP) is 5.62. The Kier molecular flexibility index (Phi) is 8.40. The number of primary sulfonamides is 1. The molecule has 5 rings (SSSR count). The molecular weight excluding hydrogens is 595 g/mol. The van der Waals surface area contributed by atoms with Gasteiger partial charge in [0.1, 0.15) is 0 Å². The molecule has 0 radical (unpaired) electrons. The number of ketones is 1. The highest BCUT2D eigenvalue weighted by atomic mass is 35.5. The molecule has 1 heterocycles. The molecule has 4 N–H and O–H groups in total. The first-order chi connectivity index (χ1) is 19.8. The maximum atomic E-state index is 13.8. The Bertz CT molecular complexity index is 1690. The number of sulfonamides is 1. The highest BCUT2D eigenvalue weighted by Crippen LogP contribution is 2.48. The molecule has 0 bridgehead atoms. The highest BCUT2D eigenvalue weighted by molar-refractivity contribution is 7.89. The number of benzene rings is 3. The Balaban J connectivity index is 1.46. The topological polar surface area (TPSA) is 122 Å². The largest absolute Gasteiger partial charge is 0.357 e. The average Bonchev–Trinajstić information content (AvgIpc) is 3.04. The minimum absolute atomic E-state index is 0.0194. The van der Waals surface area contributed by atoms with Crippen molar-refractivity contribution in [2.24, 2.45) is 10.6 Å². The van der Waals surface area contributed by atoms with Crippen LogP contribution in [0.5, 0.6) is 0 Å². The number of nitrogens with zero attached hydrogens (tertiary/aromatic N) is 1. The van der Waals surface area contributed by atoms with E-state index in [0.717, 1.165) is 28.2 Å². The van der Waals surface area contributed by atoms with Gasteiger partial charge in [0.25, 0.3) is 0 Å². The van der Waals surface area contributed by atoms with Crippen molar-refractivity contribution in [1.29, 1.82) is 0 Å². The fourth-order valence-corrected chi connectivity index (χ4v) is 6.48. The number of para-hydroxylation sites is 2. The van der Waals surface area contributed by atoms with Crippen molar-refractivity contribution < 1.29 is 18.0 Å². The second-order valence-corrected chi connectivity index (χ2v) is 13.8.